The summed E-state index contributed by atoms with van der Waals surface area (Å²) in [7, 11) is 0. The van der Waals surface area contributed by atoms with E-state index in [0.29, 0.717) is 29.7 Å². The summed E-state index contributed by atoms with van der Waals surface area (Å²) >= 11 is 0. The molecule has 140 valence electrons. The summed E-state index contributed by atoms with van der Waals surface area (Å²) in [5.41, 5.74) is 6.34. The Bertz CT molecular complexity index is 1090. The van der Waals surface area contributed by atoms with Crippen LogP contribution in [0.4, 0.5) is 0 Å². The molecule has 0 unspecified atom stereocenters. The highest BCUT2D eigenvalue weighted by molar-refractivity contribution is 6.06. The van der Waals surface area contributed by atoms with Crippen molar-refractivity contribution in [3.63, 3.8) is 0 Å². The van der Waals surface area contributed by atoms with E-state index in [1.807, 2.05) is 67.6 Å². The molecule has 2 heterocycles. The van der Waals surface area contributed by atoms with Crippen molar-refractivity contribution in [3.8, 4) is 11.3 Å². The van der Waals surface area contributed by atoms with Gasteiger partial charge in [-0.2, -0.15) is 5.10 Å². The Balaban J connectivity index is 1.65. The molecule has 0 saturated heterocycles. The second kappa shape index (κ2) is 8.02. The Morgan fingerprint density at radius 3 is 2.50 bits per heavy atom. The fourth-order valence-electron chi connectivity index (χ4n) is 3.04. The molecule has 1 amide bonds. The van der Waals surface area contributed by atoms with E-state index in [1.54, 1.807) is 16.9 Å². The van der Waals surface area contributed by atoms with Crippen molar-refractivity contribution in [1.29, 1.82) is 0 Å². The number of rotatable bonds is 6. The van der Waals surface area contributed by atoms with Gasteiger partial charge in [0.15, 0.2) is 5.65 Å². The predicted molar refractivity (Wildman–Crippen MR) is 107 cm³/mol. The maximum atomic E-state index is 12.8. The molecule has 28 heavy (non-hydrogen) atoms. The largest absolute Gasteiger partial charge is 0.275 e. The molecule has 2 aromatic carbocycles. The van der Waals surface area contributed by atoms with Crippen LogP contribution < -0.4 is 5.48 Å². The average Bonchev–Trinajstić information content (AvgIpc) is 3.17. The molecule has 6 nitrogen and oxygen atoms in total. The number of hydrogen-bond donors (Lipinski definition) is 1. The minimum atomic E-state index is -0.323. The highest BCUT2D eigenvalue weighted by Crippen LogP contribution is 2.25. The van der Waals surface area contributed by atoms with Crippen LogP contribution in [-0.4, -0.2) is 20.7 Å². The molecule has 0 spiro atoms. The van der Waals surface area contributed by atoms with Crippen LogP contribution in [0.5, 0.6) is 0 Å². The van der Waals surface area contributed by atoms with Crippen LogP contribution in [0.1, 0.15) is 22.8 Å². The molecule has 0 atom stereocenters. The van der Waals surface area contributed by atoms with Crippen LogP contribution in [0.3, 0.4) is 0 Å². The third kappa shape index (κ3) is 3.63. The van der Waals surface area contributed by atoms with E-state index >= 15 is 0 Å². The molecule has 4 rings (SSSR count). The second-order valence-electron chi connectivity index (χ2n) is 6.32. The SMILES string of the molecule is CCn1ncc2c(C(=O)NOCc3ccccc3)cc(-c3ccccc3)nc21. The van der Waals surface area contributed by atoms with Gasteiger partial charge in [0.2, 0.25) is 0 Å². The summed E-state index contributed by atoms with van der Waals surface area (Å²) in [6.07, 6.45) is 1.67. The zero-order chi connectivity index (χ0) is 19.3. The van der Waals surface area contributed by atoms with Crippen LogP contribution >= 0.6 is 0 Å². The van der Waals surface area contributed by atoms with Gasteiger partial charge in [-0.3, -0.25) is 9.63 Å². The Hall–Kier alpha value is -3.51. The number of hydrogen-bond acceptors (Lipinski definition) is 4. The first-order chi connectivity index (χ1) is 13.8. The quantitative estimate of drug-likeness (QED) is 0.520. The van der Waals surface area contributed by atoms with Crippen LogP contribution in [0, 0.1) is 0 Å². The molecule has 0 fully saturated rings. The predicted octanol–water partition coefficient (Wildman–Crippen LogP) is 3.98. The van der Waals surface area contributed by atoms with Crippen LogP contribution in [0.2, 0.25) is 0 Å². The number of nitrogens with zero attached hydrogens (tertiary/aromatic N) is 3. The van der Waals surface area contributed by atoms with Gasteiger partial charge in [0.05, 0.1) is 29.4 Å². The van der Waals surface area contributed by atoms with E-state index in [1.165, 1.54) is 0 Å². The molecular formula is C22H20N4O2. The number of benzene rings is 2. The van der Waals surface area contributed by atoms with Gasteiger partial charge in [-0.1, -0.05) is 60.7 Å². The number of nitrogens with one attached hydrogen (secondary N) is 1. The number of hydroxylamine groups is 1. The van der Waals surface area contributed by atoms with Crippen LogP contribution in [-0.2, 0) is 18.0 Å². The lowest BCUT2D eigenvalue weighted by molar-refractivity contribution is 0.0235. The molecule has 6 heteroatoms. The third-order valence-electron chi connectivity index (χ3n) is 4.47. The monoisotopic (exact) mass is 372 g/mol. The molecule has 0 aliphatic rings. The summed E-state index contributed by atoms with van der Waals surface area (Å²) in [5.74, 6) is -0.323. The Morgan fingerprint density at radius 1 is 1.07 bits per heavy atom. The number of carbonyl (C=O) groups is 1. The number of pyridine rings is 1. The van der Waals surface area contributed by atoms with Crippen molar-refractivity contribution in [2.45, 2.75) is 20.1 Å². The molecule has 2 aromatic heterocycles. The molecule has 0 aliphatic carbocycles. The van der Waals surface area contributed by atoms with Crippen LogP contribution in [0.25, 0.3) is 22.3 Å². The van der Waals surface area contributed by atoms with Crippen LogP contribution in [0.15, 0.2) is 72.9 Å². The van der Waals surface area contributed by atoms with E-state index < -0.39 is 0 Å². The van der Waals surface area contributed by atoms with Gasteiger partial charge in [0.25, 0.3) is 5.91 Å². The number of amides is 1. The Labute approximate surface area is 162 Å². The van der Waals surface area contributed by atoms with Crippen molar-refractivity contribution >= 4 is 16.9 Å². The zero-order valence-electron chi connectivity index (χ0n) is 15.5. The van der Waals surface area contributed by atoms with Crippen molar-refractivity contribution < 1.29 is 9.63 Å². The molecule has 0 radical (unpaired) electrons. The summed E-state index contributed by atoms with van der Waals surface area (Å²) in [5, 5.41) is 5.05. The lowest BCUT2D eigenvalue weighted by Crippen LogP contribution is -2.24. The summed E-state index contributed by atoms with van der Waals surface area (Å²) < 4.78 is 1.78. The minimum absolute atomic E-state index is 0.292. The van der Waals surface area contributed by atoms with Gasteiger partial charge in [0.1, 0.15) is 0 Å². The third-order valence-corrected chi connectivity index (χ3v) is 4.47. The smallest absolute Gasteiger partial charge is 0.269 e. The lowest BCUT2D eigenvalue weighted by Gasteiger charge is -2.09. The maximum Gasteiger partial charge on any atom is 0.275 e. The highest BCUT2D eigenvalue weighted by atomic mass is 16.6. The standard InChI is InChI=1S/C22H20N4O2/c1-2-26-21-19(14-23-26)18(13-20(24-21)17-11-7-4-8-12-17)22(27)25-28-15-16-9-5-3-6-10-16/h3-14H,2,15H2,1H3,(H,25,27). The van der Waals surface area contributed by atoms with Gasteiger partial charge in [-0.25, -0.2) is 15.1 Å². The first-order valence-corrected chi connectivity index (χ1v) is 9.14. The Kier molecular flexibility index (Phi) is 5.12. The zero-order valence-corrected chi connectivity index (χ0v) is 15.5. The summed E-state index contributed by atoms with van der Waals surface area (Å²) in [6.45, 7) is 2.95. The summed E-state index contributed by atoms with van der Waals surface area (Å²) in [6, 6.07) is 21.2. The first kappa shape index (κ1) is 17.9. The van der Waals surface area contributed by atoms with E-state index in [9.17, 15) is 4.79 Å². The number of carbonyl (C=O) groups excluding carboxylic acids is 1. The normalized spacial score (nSPS) is 10.9. The molecule has 1 N–H and O–H groups in total. The Morgan fingerprint density at radius 2 is 1.79 bits per heavy atom. The lowest BCUT2D eigenvalue weighted by atomic mass is 10.1. The molecular weight excluding hydrogens is 352 g/mol. The number of fused-ring (bicyclic) bond motifs is 1. The van der Waals surface area contributed by atoms with E-state index in [-0.39, 0.29) is 5.91 Å². The van der Waals surface area contributed by atoms with E-state index in [2.05, 4.69) is 10.6 Å². The van der Waals surface area contributed by atoms with E-state index in [0.717, 1.165) is 16.8 Å². The topological polar surface area (TPSA) is 69.0 Å². The molecule has 0 saturated carbocycles. The summed E-state index contributed by atoms with van der Waals surface area (Å²) in [4.78, 5) is 23.0. The fourth-order valence-corrected chi connectivity index (χ4v) is 3.04. The molecule has 0 bridgehead atoms. The van der Waals surface area contributed by atoms with Crippen molar-refractivity contribution in [2.75, 3.05) is 0 Å². The fraction of sp³-hybridized carbons (Fsp3) is 0.136. The van der Waals surface area contributed by atoms with Crippen molar-refractivity contribution in [2.24, 2.45) is 0 Å². The minimum Gasteiger partial charge on any atom is -0.269 e. The van der Waals surface area contributed by atoms with Gasteiger partial charge in [-0.15, -0.1) is 0 Å². The highest BCUT2D eigenvalue weighted by Gasteiger charge is 2.17. The van der Waals surface area contributed by atoms with Crippen molar-refractivity contribution in [1.82, 2.24) is 20.2 Å². The number of aryl methyl sites for hydroxylation is 1. The van der Waals surface area contributed by atoms with Crippen molar-refractivity contribution in [3.05, 3.63) is 84.1 Å². The molecule has 4 aromatic rings. The average molecular weight is 372 g/mol. The van der Waals surface area contributed by atoms with Gasteiger partial charge in [-0.05, 0) is 18.6 Å². The molecule has 0 aliphatic heterocycles. The maximum absolute atomic E-state index is 12.8. The van der Waals surface area contributed by atoms with Gasteiger partial charge in [0, 0.05) is 12.1 Å². The van der Waals surface area contributed by atoms with E-state index in [4.69, 9.17) is 9.82 Å². The number of aromatic nitrogens is 3. The first-order valence-electron chi connectivity index (χ1n) is 9.14. The van der Waals surface area contributed by atoms with Gasteiger partial charge >= 0.3 is 0 Å². The second-order valence-corrected chi connectivity index (χ2v) is 6.32. The van der Waals surface area contributed by atoms with Gasteiger partial charge < -0.3 is 0 Å².